The molecule has 1 aromatic heterocycles. The van der Waals surface area contributed by atoms with E-state index in [0.29, 0.717) is 42.2 Å². The molecular formula is C31H32ClN5O3. The van der Waals surface area contributed by atoms with E-state index in [4.69, 9.17) is 11.6 Å². The molecule has 0 saturated carbocycles. The third kappa shape index (κ3) is 4.98. The van der Waals surface area contributed by atoms with Gasteiger partial charge in [0.2, 0.25) is 0 Å². The Bertz CT molecular complexity index is 1560. The number of β-amino-alcohol motifs (C(OH)–C–C–N with tert-alkyl or cyclic N) is 1. The van der Waals surface area contributed by atoms with E-state index in [9.17, 15) is 14.7 Å². The summed E-state index contributed by atoms with van der Waals surface area (Å²) in [5, 5.41) is 16.1. The fraction of sp³-hybridized carbons (Fsp3) is 0.323. The van der Waals surface area contributed by atoms with E-state index >= 15 is 0 Å². The highest BCUT2D eigenvalue weighted by Gasteiger charge is 2.33. The Hall–Kier alpha value is -3.72. The first-order chi connectivity index (χ1) is 19.5. The number of unbranched alkanes of at least 4 members (excludes halogenated alkanes) is 1. The Morgan fingerprint density at radius 3 is 2.48 bits per heavy atom. The maximum absolute atomic E-state index is 13.5. The molecule has 0 radical (unpaired) electrons. The molecule has 8 nitrogen and oxygen atoms in total. The van der Waals surface area contributed by atoms with Gasteiger partial charge in [-0.3, -0.25) is 24.4 Å². The summed E-state index contributed by atoms with van der Waals surface area (Å²) in [7, 11) is 0. The smallest absolute Gasteiger partial charge is 0.261 e. The normalized spacial score (nSPS) is 15.8. The van der Waals surface area contributed by atoms with Crippen LogP contribution in [0.4, 0.5) is 11.4 Å². The Kier molecular flexibility index (Phi) is 7.56. The van der Waals surface area contributed by atoms with Gasteiger partial charge in [0.05, 0.1) is 12.1 Å². The van der Waals surface area contributed by atoms with Crippen molar-refractivity contribution in [3.8, 4) is 0 Å². The van der Waals surface area contributed by atoms with Crippen LogP contribution >= 0.6 is 11.6 Å². The summed E-state index contributed by atoms with van der Waals surface area (Å²) in [6, 6.07) is 17.2. The number of nitrogens with one attached hydrogen (secondary N) is 1. The minimum absolute atomic E-state index is 0.163. The number of pyridine rings is 1. The number of carbonyl (C=O) groups excluding carboxylic acids is 2. The van der Waals surface area contributed by atoms with Gasteiger partial charge in [0.25, 0.3) is 11.8 Å². The number of imide groups is 1. The number of aliphatic hydroxyl groups excluding tert-OH is 1. The molecule has 4 aromatic rings. The van der Waals surface area contributed by atoms with Crippen LogP contribution in [0.5, 0.6) is 0 Å². The Balaban J connectivity index is 1.12. The number of piperazine rings is 1. The first-order valence-corrected chi connectivity index (χ1v) is 14.2. The summed E-state index contributed by atoms with van der Waals surface area (Å²) in [4.78, 5) is 37.3. The minimum atomic E-state index is -0.224. The van der Waals surface area contributed by atoms with E-state index in [0.717, 1.165) is 65.6 Å². The maximum atomic E-state index is 13.5. The van der Waals surface area contributed by atoms with Crippen molar-refractivity contribution in [3.05, 3.63) is 76.9 Å². The second kappa shape index (κ2) is 11.4. The summed E-state index contributed by atoms with van der Waals surface area (Å²) >= 11 is 6.10. The number of anilines is 2. The summed E-state index contributed by atoms with van der Waals surface area (Å²) in [5.41, 5.74) is 4.05. The Labute approximate surface area is 238 Å². The molecule has 206 valence electrons. The van der Waals surface area contributed by atoms with Gasteiger partial charge in [-0.1, -0.05) is 23.7 Å². The summed E-state index contributed by atoms with van der Waals surface area (Å²) in [6.45, 7) is 5.34. The number of rotatable bonds is 9. The Morgan fingerprint density at radius 2 is 1.68 bits per heavy atom. The number of benzene rings is 3. The number of fused-ring (bicyclic) bond motifs is 1. The second-order valence-electron chi connectivity index (χ2n) is 10.3. The molecule has 40 heavy (non-hydrogen) atoms. The van der Waals surface area contributed by atoms with Gasteiger partial charge < -0.3 is 15.3 Å². The van der Waals surface area contributed by atoms with Crippen molar-refractivity contribution in [2.45, 2.75) is 12.8 Å². The topological polar surface area (TPSA) is 89.0 Å². The first-order valence-electron chi connectivity index (χ1n) is 13.8. The van der Waals surface area contributed by atoms with E-state index in [1.807, 2.05) is 54.6 Å². The van der Waals surface area contributed by atoms with Gasteiger partial charge in [-0.15, -0.1) is 0 Å². The van der Waals surface area contributed by atoms with Crippen LogP contribution in [-0.2, 0) is 0 Å². The highest BCUT2D eigenvalue weighted by molar-refractivity contribution is 6.31. The van der Waals surface area contributed by atoms with Crippen molar-refractivity contribution in [2.75, 3.05) is 62.6 Å². The molecule has 2 N–H and O–H groups in total. The van der Waals surface area contributed by atoms with Gasteiger partial charge in [0, 0.05) is 95.7 Å². The molecule has 0 bridgehead atoms. The molecule has 0 spiro atoms. The van der Waals surface area contributed by atoms with E-state index in [-0.39, 0.29) is 18.4 Å². The van der Waals surface area contributed by atoms with Crippen molar-refractivity contribution in [2.24, 2.45) is 0 Å². The van der Waals surface area contributed by atoms with Crippen LogP contribution in [0.25, 0.3) is 21.7 Å². The standard InChI is InChI=1S/C31H32ClN5O3/c32-21-6-7-22-26(10-12-34-27(22)20-21)33-11-1-2-13-37-30(39)24-5-3-4-23-28(9-8-25(29(23)24)31(37)40)36-16-14-35(15-17-36)18-19-38/h3-10,12,20,38H,1-2,11,13-19H2,(H,33,34). The summed E-state index contributed by atoms with van der Waals surface area (Å²) in [6.07, 6.45) is 3.25. The third-order valence-electron chi connectivity index (χ3n) is 7.93. The number of aliphatic hydroxyl groups is 1. The second-order valence-corrected chi connectivity index (χ2v) is 10.8. The number of nitrogens with zero attached hydrogens (tertiary/aromatic N) is 4. The summed E-state index contributed by atoms with van der Waals surface area (Å²) < 4.78 is 0. The van der Waals surface area contributed by atoms with E-state index in [2.05, 4.69) is 20.1 Å². The average molecular weight is 558 g/mol. The molecule has 0 aliphatic carbocycles. The van der Waals surface area contributed by atoms with Crippen LogP contribution in [0.15, 0.2) is 60.8 Å². The van der Waals surface area contributed by atoms with Gasteiger partial charge in [0.1, 0.15) is 0 Å². The molecule has 3 heterocycles. The Morgan fingerprint density at radius 1 is 0.875 bits per heavy atom. The quantitative estimate of drug-likeness (QED) is 0.229. The predicted octanol–water partition coefficient (Wildman–Crippen LogP) is 4.64. The molecule has 6 rings (SSSR count). The van der Waals surface area contributed by atoms with Crippen molar-refractivity contribution >= 4 is 56.5 Å². The van der Waals surface area contributed by atoms with E-state index in [1.54, 1.807) is 6.20 Å². The maximum Gasteiger partial charge on any atom is 0.261 e. The monoisotopic (exact) mass is 557 g/mol. The lowest BCUT2D eigenvalue weighted by atomic mass is 9.92. The molecule has 1 saturated heterocycles. The lowest BCUT2D eigenvalue weighted by Crippen LogP contribution is -2.47. The average Bonchev–Trinajstić information content (AvgIpc) is 2.97. The van der Waals surface area contributed by atoms with Crippen LogP contribution in [-0.4, -0.2) is 84.1 Å². The van der Waals surface area contributed by atoms with Gasteiger partial charge in [-0.2, -0.15) is 0 Å². The van der Waals surface area contributed by atoms with Crippen LogP contribution < -0.4 is 10.2 Å². The lowest BCUT2D eigenvalue weighted by Gasteiger charge is -2.37. The molecule has 0 atom stereocenters. The van der Waals surface area contributed by atoms with Crippen molar-refractivity contribution in [3.63, 3.8) is 0 Å². The van der Waals surface area contributed by atoms with Crippen LogP contribution in [0, 0.1) is 0 Å². The number of amides is 2. The van der Waals surface area contributed by atoms with Crippen molar-refractivity contribution in [1.29, 1.82) is 0 Å². The number of halogens is 1. The van der Waals surface area contributed by atoms with Crippen molar-refractivity contribution in [1.82, 2.24) is 14.8 Å². The minimum Gasteiger partial charge on any atom is -0.395 e. The SMILES string of the molecule is O=C1c2cccc3c(N4CCN(CCO)CC4)ccc(c23)C(=O)N1CCCCNc1ccnc2cc(Cl)ccc12. The molecule has 9 heteroatoms. The number of hydrogen-bond acceptors (Lipinski definition) is 7. The summed E-state index contributed by atoms with van der Waals surface area (Å²) in [5.74, 6) is -0.448. The zero-order valence-electron chi connectivity index (χ0n) is 22.3. The number of carbonyl (C=O) groups is 2. The highest BCUT2D eigenvalue weighted by atomic mass is 35.5. The van der Waals surface area contributed by atoms with Crippen LogP contribution in [0.2, 0.25) is 5.02 Å². The van der Waals surface area contributed by atoms with Crippen molar-refractivity contribution < 1.29 is 14.7 Å². The first kappa shape index (κ1) is 26.5. The van der Waals surface area contributed by atoms with Crippen LogP contribution in [0.1, 0.15) is 33.6 Å². The molecule has 2 amide bonds. The molecule has 2 aliphatic rings. The lowest BCUT2D eigenvalue weighted by molar-refractivity contribution is 0.0608. The number of aromatic nitrogens is 1. The van der Waals surface area contributed by atoms with E-state index < -0.39 is 0 Å². The third-order valence-corrected chi connectivity index (χ3v) is 8.16. The zero-order valence-corrected chi connectivity index (χ0v) is 23.0. The zero-order chi connectivity index (χ0) is 27.6. The molecular weight excluding hydrogens is 526 g/mol. The van der Waals surface area contributed by atoms with Crippen LogP contribution in [0.3, 0.4) is 0 Å². The highest BCUT2D eigenvalue weighted by Crippen LogP contribution is 2.36. The largest absolute Gasteiger partial charge is 0.395 e. The van der Waals surface area contributed by atoms with E-state index in [1.165, 1.54) is 4.90 Å². The molecule has 3 aromatic carbocycles. The molecule has 1 fully saturated rings. The van der Waals surface area contributed by atoms with Gasteiger partial charge in [-0.25, -0.2) is 0 Å². The predicted molar refractivity (Wildman–Crippen MR) is 160 cm³/mol. The van der Waals surface area contributed by atoms with Gasteiger partial charge >= 0.3 is 0 Å². The fourth-order valence-corrected chi connectivity index (χ4v) is 6.02. The molecule has 2 aliphatic heterocycles. The van der Waals surface area contributed by atoms with Gasteiger partial charge in [-0.05, 0) is 55.3 Å². The number of hydrogen-bond donors (Lipinski definition) is 2. The van der Waals surface area contributed by atoms with Gasteiger partial charge in [0.15, 0.2) is 0 Å². The molecule has 0 unspecified atom stereocenters. The fourth-order valence-electron chi connectivity index (χ4n) is 5.86.